The third kappa shape index (κ3) is 3.97. The Labute approximate surface area is 99.2 Å². The first-order valence-corrected chi connectivity index (χ1v) is 7.16. The van der Waals surface area contributed by atoms with Gasteiger partial charge < -0.3 is 5.32 Å². The van der Waals surface area contributed by atoms with E-state index in [-0.39, 0.29) is 0 Å². The molecule has 1 rings (SSSR count). The standard InChI is InChI=1S/C12H26N2S/c1-6-12(4)10-14(8-7-13-12)9-11(2,3)15-5/h13H,6-10H2,1-5H3. The molecule has 0 aliphatic carbocycles. The van der Waals surface area contributed by atoms with E-state index in [0.29, 0.717) is 10.3 Å². The van der Waals surface area contributed by atoms with Crippen molar-refractivity contribution in [1.82, 2.24) is 10.2 Å². The number of nitrogens with one attached hydrogen (secondary N) is 1. The minimum Gasteiger partial charge on any atom is -0.309 e. The first kappa shape index (κ1) is 13.3. The Kier molecular flexibility index (Phi) is 4.50. The van der Waals surface area contributed by atoms with Gasteiger partial charge in [-0.15, -0.1) is 0 Å². The zero-order valence-corrected chi connectivity index (χ0v) is 11.7. The molecule has 0 saturated carbocycles. The first-order valence-electron chi connectivity index (χ1n) is 5.93. The fourth-order valence-electron chi connectivity index (χ4n) is 2.12. The summed E-state index contributed by atoms with van der Waals surface area (Å²) in [7, 11) is 0. The topological polar surface area (TPSA) is 15.3 Å². The minimum atomic E-state index is 0.326. The molecule has 0 aromatic carbocycles. The van der Waals surface area contributed by atoms with Crippen molar-refractivity contribution in [2.75, 3.05) is 32.4 Å². The van der Waals surface area contributed by atoms with E-state index in [1.165, 1.54) is 26.1 Å². The third-order valence-corrected chi connectivity index (χ3v) is 4.72. The SMILES string of the molecule is CCC1(C)CN(CC(C)(C)SC)CCN1. The second-order valence-corrected chi connectivity index (χ2v) is 7.03. The van der Waals surface area contributed by atoms with Gasteiger partial charge in [0.25, 0.3) is 0 Å². The molecule has 3 heteroatoms. The van der Waals surface area contributed by atoms with E-state index in [1.54, 1.807) is 0 Å². The molecular formula is C12H26N2S. The van der Waals surface area contributed by atoms with Gasteiger partial charge in [0.2, 0.25) is 0 Å². The zero-order chi connectivity index (χ0) is 11.5. The summed E-state index contributed by atoms with van der Waals surface area (Å²) in [6.07, 6.45) is 3.42. The summed E-state index contributed by atoms with van der Waals surface area (Å²) < 4.78 is 0.381. The molecule has 90 valence electrons. The van der Waals surface area contributed by atoms with Crippen LogP contribution in [0.15, 0.2) is 0 Å². The molecule has 1 aliphatic rings. The number of rotatable bonds is 4. The average Bonchev–Trinajstić information content (AvgIpc) is 2.17. The quantitative estimate of drug-likeness (QED) is 0.797. The van der Waals surface area contributed by atoms with Gasteiger partial charge in [-0.25, -0.2) is 0 Å². The highest BCUT2D eigenvalue weighted by Gasteiger charge is 2.31. The molecule has 0 amide bonds. The molecule has 1 N–H and O–H groups in total. The maximum absolute atomic E-state index is 3.63. The van der Waals surface area contributed by atoms with Crippen LogP contribution in [0.3, 0.4) is 0 Å². The Balaban J connectivity index is 2.50. The predicted molar refractivity (Wildman–Crippen MR) is 70.7 cm³/mol. The number of hydrogen-bond acceptors (Lipinski definition) is 3. The summed E-state index contributed by atoms with van der Waals surface area (Å²) in [5.41, 5.74) is 0.326. The molecule has 1 fully saturated rings. The summed E-state index contributed by atoms with van der Waals surface area (Å²) in [5.74, 6) is 0. The van der Waals surface area contributed by atoms with Crippen molar-refractivity contribution in [3.8, 4) is 0 Å². The van der Waals surface area contributed by atoms with E-state index < -0.39 is 0 Å². The molecule has 1 heterocycles. The van der Waals surface area contributed by atoms with Crippen LogP contribution in [0.4, 0.5) is 0 Å². The van der Waals surface area contributed by atoms with Gasteiger partial charge in [0.1, 0.15) is 0 Å². The average molecular weight is 230 g/mol. The van der Waals surface area contributed by atoms with Gasteiger partial charge in [-0.2, -0.15) is 11.8 Å². The van der Waals surface area contributed by atoms with Gasteiger partial charge in [0.05, 0.1) is 0 Å². The molecule has 1 unspecified atom stereocenters. The molecular weight excluding hydrogens is 204 g/mol. The summed E-state index contributed by atoms with van der Waals surface area (Å²) in [6, 6.07) is 0. The number of nitrogens with zero attached hydrogens (tertiary/aromatic N) is 1. The largest absolute Gasteiger partial charge is 0.309 e. The van der Waals surface area contributed by atoms with E-state index in [0.717, 1.165) is 6.54 Å². The lowest BCUT2D eigenvalue weighted by molar-refractivity contribution is 0.133. The van der Waals surface area contributed by atoms with Gasteiger partial charge in [0, 0.05) is 36.5 Å². The number of thioether (sulfide) groups is 1. The van der Waals surface area contributed by atoms with Crippen molar-refractivity contribution < 1.29 is 0 Å². The first-order chi connectivity index (χ1) is 6.91. The molecule has 0 aromatic rings. The lowest BCUT2D eigenvalue weighted by Crippen LogP contribution is -2.59. The van der Waals surface area contributed by atoms with Crippen LogP contribution in [-0.2, 0) is 0 Å². The van der Waals surface area contributed by atoms with Crippen molar-refractivity contribution in [2.24, 2.45) is 0 Å². The Morgan fingerprint density at radius 1 is 1.47 bits per heavy atom. The van der Waals surface area contributed by atoms with Gasteiger partial charge in [0.15, 0.2) is 0 Å². The van der Waals surface area contributed by atoms with E-state index in [4.69, 9.17) is 0 Å². The van der Waals surface area contributed by atoms with E-state index >= 15 is 0 Å². The Morgan fingerprint density at radius 3 is 2.67 bits per heavy atom. The molecule has 0 spiro atoms. The van der Waals surface area contributed by atoms with Crippen molar-refractivity contribution in [3.63, 3.8) is 0 Å². The maximum Gasteiger partial charge on any atom is 0.0278 e. The monoisotopic (exact) mass is 230 g/mol. The molecule has 1 aliphatic heterocycles. The highest BCUT2D eigenvalue weighted by molar-refractivity contribution is 7.99. The highest BCUT2D eigenvalue weighted by atomic mass is 32.2. The second-order valence-electron chi connectivity index (χ2n) is 5.52. The zero-order valence-electron chi connectivity index (χ0n) is 10.9. The predicted octanol–water partition coefficient (Wildman–Crippen LogP) is 2.20. The molecule has 1 saturated heterocycles. The Bertz CT molecular complexity index is 204. The summed E-state index contributed by atoms with van der Waals surface area (Å²) in [4.78, 5) is 2.61. The fourth-order valence-corrected chi connectivity index (χ4v) is 2.43. The van der Waals surface area contributed by atoms with Crippen molar-refractivity contribution >= 4 is 11.8 Å². The van der Waals surface area contributed by atoms with Crippen LogP contribution in [-0.4, -0.2) is 47.6 Å². The van der Waals surface area contributed by atoms with Crippen molar-refractivity contribution in [2.45, 2.75) is 44.4 Å². The van der Waals surface area contributed by atoms with Gasteiger partial charge >= 0.3 is 0 Å². The Morgan fingerprint density at radius 2 is 2.13 bits per heavy atom. The molecule has 0 radical (unpaired) electrons. The molecule has 2 nitrogen and oxygen atoms in total. The van der Waals surface area contributed by atoms with Gasteiger partial charge in [-0.3, -0.25) is 4.90 Å². The maximum atomic E-state index is 3.63. The number of hydrogen-bond donors (Lipinski definition) is 1. The summed E-state index contributed by atoms with van der Waals surface area (Å²) >= 11 is 1.97. The molecule has 0 bridgehead atoms. The lowest BCUT2D eigenvalue weighted by Gasteiger charge is -2.43. The van der Waals surface area contributed by atoms with Gasteiger partial charge in [-0.05, 0) is 33.4 Å². The fraction of sp³-hybridized carbons (Fsp3) is 1.00. The van der Waals surface area contributed by atoms with Crippen LogP contribution in [0.1, 0.15) is 34.1 Å². The van der Waals surface area contributed by atoms with E-state index in [2.05, 4.69) is 44.2 Å². The molecule has 1 atom stereocenters. The smallest absolute Gasteiger partial charge is 0.0278 e. The second kappa shape index (κ2) is 5.07. The van der Waals surface area contributed by atoms with Crippen LogP contribution >= 0.6 is 11.8 Å². The van der Waals surface area contributed by atoms with Crippen LogP contribution in [0.2, 0.25) is 0 Å². The lowest BCUT2D eigenvalue weighted by atomic mass is 9.95. The van der Waals surface area contributed by atoms with E-state index in [9.17, 15) is 0 Å². The summed E-state index contributed by atoms with van der Waals surface area (Å²) in [5, 5.41) is 3.63. The van der Waals surface area contributed by atoms with Crippen LogP contribution < -0.4 is 5.32 Å². The Hall–Kier alpha value is 0.270. The van der Waals surface area contributed by atoms with Crippen LogP contribution in [0.5, 0.6) is 0 Å². The third-order valence-electron chi connectivity index (χ3n) is 3.49. The van der Waals surface area contributed by atoms with Crippen LogP contribution in [0.25, 0.3) is 0 Å². The minimum absolute atomic E-state index is 0.326. The highest BCUT2D eigenvalue weighted by Crippen LogP contribution is 2.24. The van der Waals surface area contributed by atoms with Crippen LogP contribution in [0, 0.1) is 0 Å². The molecule has 15 heavy (non-hydrogen) atoms. The number of piperazine rings is 1. The van der Waals surface area contributed by atoms with Gasteiger partial charge in [-0.1, -0.05) is 6.92 Å². The van der Waals surface area contributed by atoms with Crippen molar-refractivity contribution in [3.05, 3.63) is 0 Å². The van der Waals surface area contributed by atoms with Crippen molar-refractivity contribution in [1.29, 1.82) is 0 Å². The normalized spacial score (nSPS) is 29.4. The van der Waals surface area contributed by atoms with E-state index in [1.807, 2.05) is 11.8 Å². The molecule has 0 aromatic heterocycles. The summed E-state index contributed by atoms with van der Waals surface area (Å²) in [6.45, 7) is 14.0.